The first-order valence-electron chi connectivity index (χ1n) is 8.28. The van der Waals surface area contributed by atoms with Crippen LogP contribution in [-0.2, 0) is 4.79 Å². The first kappa shape index (κ1) is 21.0. The van der Waals surface area contributed by atoms with E-state index < -0.39 is 24.3 Å². The van der Waals surface area contributed by atoms with Gasteiger partial charge in [0.1, 0.15) is 0 Å². The Morgan fingerprint density at radius 1 is 1.10 bits per heavy atom. The van der Waals surface area contributed by atoms with Crippen LogP contribution in [0.2, 0.25) is 15.1 Å². The summed E-state index contributed by atoms with van der Waals surface area (Å²) in [5.74, 6) is -2.12. The number of amides is 1. The molecule has 0 saturated heterocycles. The summed E-state index contributed by atoms with van der Waals surface area (Å²) in [4.78, 5) is 23.9. The summed E-state index contributed by atoms with van der Waals surface area (Å²) < 4.78 is 1.14. The molecule has 1 heterocycles. The zero-order valence-corrected chi connectivity index (χ0v) is 16.9. The molecule has 0 aliphatic rings. The van der Waals surface area contributed by atoms with Crippen molar-refractivity contribution in [2.24, 2.45) is 0 Å². The number of carbonyl (C=O) groups excluding carboxylic acids is 1. The van der Waals surface area contributed by atoms with E-state index in [0.29, 0.717) is 16.3 Å². The predicted molar refractivity (Wildman–Crippen MR) is 109 cm³/mol. The number of hydrogen-bond donors (Lipinski definition) is 3. The molecule has 1 atom stereocenters. The number of carbonyl (C=O) groups is 2. The van der Waals surface area contributed by atoms with Crippen molar-refractivity contribution in [2.75, 3.05) is 0 Å². The lowest BCUT2D eigenvalue weighted by Gasteiger charge is -2.18. The molecule has 1 aromatic heterocycles. The minimum Gasteiger partial charge on any atom is -0.493 e. The predicted octanol–water partition coefficient (Wildman–Crippen LogP) is 4.48. The standard InChI is InChI=1S/C19H14Cl3N3O4/c20-10-3-1-4-11(7-10)25-16(26)8-15(24-25)19(29)23-14(9-17(27)28)12-5-2-6-13(21)18(12)22/h1-8,14,26H,9H2,(H,23,29)(H,27,28)/t14-/m0/s1. The first-order valence-corrected chi connectivity index (χ1v) is 9.41. The van der Waals surface area contributed by atoms with Crippen LogP contribution in [0.3, 0.4) is 0 Å². The molecule has 0 spiro atoms. The van der Waals surface area contributed by atoms with Gasteiger partial charge in [0.2, 0.25) is 5.88 Å². The summed E-state index contributed by atoms with van der Waals surface area (Å²) in [6, 6.07) is 11.5. The molecule has 0 bridgehead atoms. The lowest BCUT2D eigenvalue weighted by molar-refractivity contribution is -0.137. The molecular formula is C19H14Cl3N3O4. The SMILES string of the molecule is O=C(O)C[C@H](NC(=O)c1cc(O)n(-c2cccc(Cl)c2)n1)c1cccc(Cl)c1Cl. The molecule has 3 N–H and O–H groups in total. The van der Waals surface area contributed by atoms with Crippen LogP contribution in [0.25, 0.3) is 5.69 Å². The number of rotatable bonds is 6. The van der Waals surface area contributed by atoms with Crippen LogP contribution in [0.1, 0.15) is 28.5 Å². The number of aliphatic carboxylic acids is 1. The molecule has 1 amide bonds. The highest BCUT2D eigenvalue weighted by atomic mass is 35.5. The van der Waals surface area contributed by atoms with Crippen molar-refractivity contribution in [3.05, 3.63) is 74.9 Å². The average molecular weight is 455 g/mol. The average Bonchev–Trinajstić information content (AvgIpc) is 3.05. The van der Waals surface area contributed by atoms with Crippen molar-refractivity contribution in [2.45, 2.75) is 12.5 Å². The molecule has 0 fully saturated rings. The molecule has 0 unspecified atom stereocenters. The minimum absolute atomic E-state index is 0.115. The van der Waals surface area contributed by atoms with Gasteiger partial charge in [0.25, 0.3) is 5.91 Å². The molecule has 7 nitrogen and oxygen atoms in total. The van der Waals surface area contributed by atoms with Gasteiger partial charge in [0, 0.05) is 11.1 Å². The summed E-state index contributed by atoms with van der Waals surface area (Å²) in [7, 11) is 0. The van der Waals surface area contributed by atoms with Crippen molar-refractivity contribution in [1.82, 2.24) is 15.1 Å². The zero-order valence-electron chi connectivity index (χ0n) is 14.6. The maximum absolute atomic E-state index is 12.7. The molecule has 0 aliphatic heterocycles. The molecule has 150 valence electrons. The fourth-order valence-electron chi connectivity index (χ4n) is 2.72. The lowest BCUT2D eigenvalue weighted by atomic mass is 10.0. The number of nitrogens with one attached hydrogen (secondary N) is 1. The minimum atomic E-state index is -1.14. The first-order chi connectivity index (χ1) is 13.8. The van der Waals surface area contributed by atoms with Gasteiger partial charge in [-0.2, -0.15) is 5.10 Å². The van der Waals surface area contributed by atoms with Crippen LogP contribution >= 0.6 is 34.8 Å². The zero-order chi connectivity index (χ0) is 21.1. The molecule has 29 heavy (non-hydrogen) atoms. The fourth-order valence-corrected chi connectivity index (χ4v) is 3.34. The number of halogens is 3. The highest BCUT2D eigenvalue weighted by Gasteiger charge is 2.24. The topological polar surface area (TPSA) is 104 Å². The normalized spacial score (nSPS) is 11.8. The molecule has 0 aliphatic carbocycles. The second kappa shape index (κ2) is 8.73. The van der Waals surface area contributed by atoms with E-state index in [4.69, 9.17) is 34.8 Å². The monoisotopic (exact) mass is 453 g/mol. The number of benzene rings is 2. The van der Waals surface area contributed by atoms with E-state index in [1.54, 1.807) is 42.5 Å². The number of aromatic nitrogens is 2. The molecule has 0 saturated carbocycles. The molecule has 3 aromatic rings. The van der Waals surface area contributed by atoms with Crippen molar-refractivity contribution >= 4 is 46.7 Å². The summed E-state index contributed by atoms with van der Waals surface area (Å²) in [6.07, 6.45) is -0.424. The van der Waals surface area contributed by atoms with E-state index in [-0.39, 0.29) is 21.6 Å². The number of aromatic hydroxyl groups is 1. The molecule has 3 rings (SSSR count). The third kappa shape index (κ3) is 4.82. The van der Waals surface area contributed by atoms with E-state index in [1.165, 1.54) is 0 Å². The Labute approximate surface area is 180 Å². The van der Waals surface area contributed by atoms with Gasteiger partial charge in [0.15, 0.2) is 5.69 Å². The van der Waals surface area contributed by atoms with E-state index in [2.05, 4.69) is 10.4 Å². The number of carboxylic acid groups (broad SMARTS) is 1. The Bertz CT molecular complexity index is 1080. The van der Waals surface area contributed by atoms with Crippen molar-refractivity contribution in [3.8, 4) is 11.6 Å². The summed E-state index contributed by atoms with van der Waals surface area (Å²) in [6.45, 7) is 0. The van der Waals surface area contributed by atoms with Crippen LogP contribution in [0.4, 0.5) is 0 Å². The quantitative estimate of drug-likeness (QED) is 0.509. The smallest absolute Gasteiger partial charge is 0.305 e. The Morgan fingerprint density at radius 3 is 2.52 bits per heavy atom. The Morgan fingerprint density at radius 2 is 1.83 bits per heavy atom. The van der Waals surface area contributed by atoms with Gasteiger partial charge >= 0.3 is 5.97 Å². The summed E-state index contributed by atoms with van der Waals surface area (Å²) >= 11 is 18.1. The van der Waals surface area contributed by atoms with Gasteiger partial charge in [-0.15, -0.1) is 0 Å². The van der Waals surface area contributed by atoms with Gasteiger partial charge in [-0.25, -0.2) is 4.68 Å². The van der Waals surface area contributed by atoms with Crippen LogP contribution in [0, 0.1) is 0 Å². The maximum Gasteiger partial charge on any atom is 0.305 e. The van der Waals surface area contributed by atoms with Crippen molar-refractivity contribution in [1.29, 1.82) is 0 Å². The van der Waals surface area contributed by atoms with Crippen LogP contribution in [0.5, 0.6) is 5.88 Å². The van der Waals surface area contributed by atoms with Gasteiger partial charge in [-0.3, -0.25) is 9.59 Å². The second-order valence-electron chi connectivity index (χ2n) is 6.05. The summed E-state index contributed by atoms with van der Waals surface area (Å²) in [5.41, 5.74) is 0.693. The lowest BCUT2D eigenvalue weighted by Crippen LogP contribution is -2.30. The Kier molecular flexibility index (Phi) is 6.32. The van der Waals surface area contributed by atoms with Crippen molar-refractivity contribution < 1.29 is 19.8 Å². The third-order valence-electron chi connectivity index (χ3n) is 4.02. The Hall–Kier alpha value is -2.74. The highest BCUT2D eigenvalue weighted by molar-refractivity contribution is 6.42. The summed E-state index contributed by atoms with van der Waals surface area (Å²) in [5, 5.41) is 26.8. The molecule has 10 heteroatoms. The Balaban J connectivity index is 1.90. The number of carboxylic acids is 1. The largest absolute Gasteiger partial charge is 0.493 e. The van der Waals surface area contributed by atoms with Crippen LogP contribution in [0.15, 0.2) is 48.5 Å². The van der Waals surface area contributed by atoms with Crippen LogP contribution in [-0.4, -0.2) is 31.9 Å². The second-order valence-corrected chi connectivity index (χ2v) is 7.27. The van der Waals surface area contributed by atoms with Crippen LogP contribution < -0.4 is 5.32 Å². The fraction of sp³-hybridized carbons (Fsp3) is 0.105. The third-order valence-corrected chi connectivity index (χ3v) is 5.09. The van der Waals surface area contributed by atoms with Gasteiger partial charge < -0.3 is 15.5 Å². The van der Waals surface area contributed by atoms with Gasteiger partial charge in [0.05, 0.1) is 28.2 Å². The van der Waals surface area contributed by atoms with Gasteiger partial charge in [-0.05, 0) is 29.8 Å². The van der Waals surface area contributed by atoms with E-state index in [0.717, 1.165) is 10.7 Å². The number of hydrogen-bond acceptors (Lipinski definition) is 4. The molecular weight excluding hydrogens is 441 g/mol. The van der Waals surface area contributed by atoms with Gasteiger partial charge in [-0.1, -0.05) is 53.0 Å². The van der Waals surface area contributed by atoms with E-state index in [9.17, 15) is 19.8 Å². The number of nitrogens with zero attached hydrogens (tertiary/aromatic N) is 2. The maximum atomic E-state index is 12.7. The highest BCUT2D eigenvalue weighted by Crippen LogP contribution is 2.31. The van der Waals surface area contributed by atoms with E-state index in [1.807, 2.05) is 0 Å². The molecule has 0 radical (unpaired) electrons. The van der Waals surface area contributed by atoms with Crippen molar-refractivity contribution in [3.63, 3.8) is 0 Å². The van der Waals surface area contributed by atoms with E-state index >= 15 is 0 Å². The molecule has 2 aromatic carbocycles.